The van der Waals surface area contributed by atoms with Crippen molar-refractivity contribution >= 4 is 0 Å². The fourth-order valence-electron chi connectivity index (χ4n) is 2.04. The molecular weight excluding hydrogens is 216 g/mol. The van der Waals surface area contributed by atoms with Crippen LogP contribution in [0.3, 0.4) is 0 Å². The number of methoxy groups -OCH3 is 1. The fourth-order valence-corrected chi connectivity index (χ4v) is 2.04. The summed E-state index contributed by atoms with van der Waals surface area (Å²) in [5, 5.41) is 3.47. The lowest BCUT2D eigenvalue weighted by atomic mass is 10.1. The molecule has 1 aromatic heterocycles. The summed E-state index contributed by atoms with van der Waals surface area (Å²) in [4.78, 5) is 4.18. The Hall–Kier alpha value is -1.13. The Balaban J connectivity index is 1.80. The maximum absolute atomic E-state index is 5.64. The first-order chi connectivity index (χ1) is 8.29. The van der Waals surface area contributed by atoms with Crippen LogP contribution in [0.15, 0.2) is 18.3 Å². The maximum atomic E-state index is 5.64. The van der Waals surface area contributed by atoms with Crippen LogP contribution in [0, 0.1) is 0 Å². The van der Waals surface area contributed by atoms with Crippen molar-refractivity contribution in [2.24, 2.45) is 0 Å². The Kier molecular flexibility index (Phi) is 4.34. The SMILES string of the molecule is COc1ccc(CN[C@@H](C)[C@H]2CCCO2)cn1. The van der Waals surface area contributed by atoms with E-state index in [-0.39, 0.29) is 0 Å². The number of hydrogen-bond acceptors (Lipinski definition) is 4. The van der Waals surface area contributed by atoms with E-state index >= 15 is 0 Å². The van der Waals surface area contributed by atoms with Gasteiger partial charge in [0.15, 0.2) is 0 Å². The number of aromatic nitrogens is 1. The largest absolute Gasteiger partial charge is 0.481 e. The lowest BCUT2D eigenvalue weighted by molar-refractivity contribution is 0.0832. The molecule has 94 valence electrons. The molecule has 0 bridgehead atoms. The average Bonchev–Trinajstić information content (AvgIpc) is 2.90. The van der Waals surface area contributed by atoms with Gasteiger partial charge in [-0.1, -0.05) is 6.07 Å². The van der Waals surface area contributed by atoms with Crippen molar-refractivity contribution in [2.75, 3.05) is 13.7 Å². The zero-order chi connectivity index (χ0) is 12.1. The molecule has 2 atom stereocenters. The van der Waals surface area contributed by atoms with Crippen LogP contribution in [0.1, 0.15) is 25.3 Å². The zero-order valence-electron chi connectivity index (χ0n) is 10.5. The van der Waals surface area contributed by atoms with E-state index in [9.17, 15) is 0 Å². The van der Waals surface area contributed by atoms with Gasteiger partial charge in [0.05, 0.1) is 13.2 Å². The molecule has 0 spiro atoms. The molecule has 4 nitrogen and oxygen atoms in total. The standard InChI is InChI=1S/C13H20N2O2/c1-10(12-4-3-7-17-12)14-8-11-5-6-13(16-2)15-9-11/h5-6,9-10,12,14H,3-4,7-8H2,1-2H3/t10-,12+/m0/s1. The van der Waals surface area contributed by atoms with E-state index in [0.717, 1.165) is 25.1 Å². The summed E-state index contributed by atoms with van der Waals surface area (Å²) in [6.45, 7) is 3.89. The highest BCUT2D eigenvalue weighted by Crippen LogP contribution is 2.15. The van der Waals surface area contributed by atoms with E-state index in [1.807, 2.05) is 18.3 Å². The summed E-state index contributed by atoms with van der Waals surface area (Å²) in [6, 6.07) is 4.30. The van der Waals surface area contributed by atoms with Gasteiger partial charge in [0.1, 0.15) is 0 Å². The molecule has 1 saturated heterocycles. The maximum Gasteiger partial charge on any atom is 0.212 e. The van der Waals surface area contributed by atoms with Crippen molar-refractivity contribution in [2.45, 2.75) is 38.5 Å². The van der Waals surface area contributed by atoms with Crippen molar-refractivity contribution in [1.29, 1.82) is 0 Å². The van der Waals surface area contributed by atoms with Crippen molar-refractivity contribution in [3.05, 3.63) is 23.9 Å². The van der Waals surface area contributed by atoms with Crippen molar-refractivity contribution in [3.63, 3.8) is 0 Å². The summed E-state index contributed by atoms with van der Waals surface area (Å²) < 4.78 is 10.7. The molecule has 1 aliphatic rings. The molecule has 0 amide bonds. The normalized spacial score (nSPS) is 21.4. The van der Waals surface area contributed by atoms with Gasteiger partial charge in [-0.05, 0) is 25.3 Å². The first-order valence-electron chi connectivity index (χ1n) is 6.13. The molecule has 1 N–H and O–H groups in total. The smallest absolute Gasteiger partial charge is 0.212 e. The van der Waals surface area contributed by atoms with Gasteiger partial charge < -0.3 is 14.8 Å². The van der Waals surface area contributed by atoms with Gasteiger partial charge in [-0.15, -0.1) is 0 Å². The molecule has 0 aromatic carbocycles. The van der Waals surface area contributed by atoms with Crippen molar-refractivity contribution in [3.8, 4) is 5.88 Å². The van der Waals surface area contributed by atoms with Gasteiger partial charge in [0, 0.05) is 31.5 Å². The molecule has 4 heteroatoms. The van der Waals surface area contributed by atoms with E-state index in [0.29, 0.717) is 18.0 Å². The highest BCUT2D eigenvalue weighted by atomic mass is 16.5. The fraction of sp³-hybridized carbons (Fsp3) is 0.615. The average molecular weight is 236 g/mol. The first kappa shape index (κ1) is 12.3. The number of rotatable bonds is 5. The molecule has 0 aliphatic carbocycles. The Morgan fingerprint density at radius 1 is 1.59 bits per heavy atom. The minimum Gasteiger partial charge on any atom is -0.481 e. The number of hydrogen-bond donors (Lipinski definition) is 1. The Morgan fingerprint density at radius 3 is 3.06 bits per heavy atom. The van der Waals surface area contributed by atoms with Gasteiger partial charge in [0.2, 0.25) is 5.88 Å². The minimum atomic E-state index is 0.362. The molecule has 17 heavy (non-hydrogen) atoms. The molecule has 0 unspecified atom stereocenters. The highest BCUT2D eigenvalue weighted by molar-refractivity contribution is 5.17. The number of nitrogens with one attached hydrogen (secondary N) is 1. The quantitative estimate of drug-likeness (QED) is 0.846. The molecule has 1 fully saturated rings. The highest BCUT2D eigenvalue weighted by Gasteiger charge is 2.21. The Bertz CT molecular complexity index is 334. The third kappa shape index (κ3) is 3.41. The molecule has 2 rings (SSSR count). The summed E-state index contributed by atoms with van der Waals surface area (Å²) in [5.74, 6) is 0.654. The summed E-state index contributed by atoms with van der Waals surface area (Å²) in [6.07, 6.45) is 4.55. The van der Waals surface area contributed by atoms with Crippen LogP contribution in [0.5, 0.6) is 5.88 Å². The number of ether oxygens (including phenoxy) is 2. The molecule has 0 saturated carbocycles. The second kappa shape index (κ2) is 5.98. The third-order valence-electron chi connectivity index (χ3n) is 3.16. The summed E-state index contributed by atoms with van der Waals surface area (Å²) in [5.41, 5.74) is 1.16. The van der Waals surface area contributed by atoms with Gasteiger partial charge in [-0.3, -0.25) is 0 Å². The van der Waals surface area contributed by atoms with E-state index in [2.05, 4.69) is 17.2 Å². The molecule has 0 radical (unpaired) electrons. The Labute approximate surface area is 102 Å². The zero-order valence-corrected chi connectivity index (χ0v) is 10.5. The predicted molar refractivity (Wildman–Crippen MR) is 66.1 cm³/mol. The lowest BCUT2D eigenvalue weighted by Crippen LogP contribution is -2.36. The third-order valence-corrected chi connectivity index (χ3v) is 3.16. The monoisotopic (exact) mass is 236 g/mol. The predicted octanol–water partition coefficient (Wildman–Crippen LogP) is 1.75. The lowest BCUT2D eigenvalue weighted by Gasteiger charge is -2.19. The topological polar surface area (TPSA) is 43.4 Å². The molecule has 1 aromatic rings. The van der Waals surface area contributed by atoms with Crippen LogP contribution >= 0.6 is 0 Å². The van der Waals surface area contributed by atoms with Crippen LogP contribution in [0.2, 0.25) is 0 Å². The van der Waals surface area contributed by atoms with Crippen molar-refractivity contribution < 1.29 is 9.47 Å². The van der Waals surface area contributed by atoms with Crippen LogP contribution in [-0.4, -0.2) is 30.8 Å². The number of pyridine rings is 1. The second-order valence-electron chi connectivity index (χ2n) is 4.43. The van der Waals surface area contributed by atoms with Crippen LogP contribution in [0.25, 0.3) is 0 Å². The first-order valence-corrected chi connectivity index (χ1v) is 6.13. The van der Waals surface area contributed by atoms with Gasteiger partial charge in [-0.25, -0.2) is 4.98 Å². The summed E-state index contributed by atoms with van der Waals surface area (Å²) >= 11 is 0. The minimum absolute atomic E-state index is 0.362. The van der Waals surface area contributed by atoms with E-state index in [1.165, 1.54) is 6.42 Å². The van der Waals surface area contributed by atoms with Gasteiger partial charge >= 0.3 is 0 Å². The van der Waals surface area contributed by atoms with Crippen LogP contribution in [0.4, 0.5) is 0 Å². The molecule has 1 aliphatic heterocycles. The van der Waals surface area contributed by atoms with E-state index in [4.69, 9.17) is 9.47 Å². The van der Waals surface area contributed by atoms with E-state index < -0.39 is 0 Å². The molecular formula is C13H20N2O2. The second-order valence-corrected chi connectivity index (χ2v) is 4.43. The van der Waals surface area contributed by atoms with Crippen LogP contribution < -0.4 is 10.1 Å². The van der Waals surface area contributed by atoms with Gasteiger partial charge in [-0.2, -0.15) is 0 Å². The molecule has 2 heterocycles. The van der Waals surface area contributed by atoms with E-state index in [1.54, 1.807) is 7.11 Å². The van der Waals surface area contributed by atoms with Gasteiger partial charge in [0.25, 0.3) is 0 Å². The Morgan fingerprint density at radius 2 is 2.47 bits per heavy atom. The summed E-state index contributed by atoms with van der Waals surface area (Å²) in [7, 11) is 1.62. The van der Waals surface area contributed by atoms with Crippen LogP contribution in [-0.2, 0) is 11.3 Å². The van der Waals surface area contributed by atoms with Crippen molar-refractivity contribution in [1.82, 2.24) is 10.3 Å². The number of nitrogens with zero attached hydrogens (tertiary/aromatic N) is 1.